The van der Waals surface area contributed by atoms with E-state index < -0.39 is 11.9 Å². The monoisotopic (exact) mass is 376 g/mol. The zero-order valence-corrected chi connectivity index (χ0v) is 16.1. The molecule has 0 unspecified atom stereocenters. The molecule has 0 saturated heterocycles. The van der Waals surface area contributed by atoms with Gasteiger partial charge in [-0.2, -0.15) is 0 Å². The summed E-state index contributed by atoms with van der Waals surface area (Å²) < 4.78 is 1.24. The van der Waals surface area contributed by atoms with Gasteiger partial charge in [0.05, 0.1) is 11.7 Å². The maximum Gasteiger partial charge on any atom is 0.321 e. The molecule has 2 aromatic rings. The Morgan fingerprint density at radius 2 is 2.04 bits per heavy atom. The first kappa shape index (κ1) is 18.6. The van der Waals surface area contributed by atoms with Gasteiger partial charge in [0.1, 0.15) is 11.4 Å². The van der Waals surface area contributed by atoms with Crippen molar-refractivity contribution in [3.05, 3.63) is 27.1 Å². The van der Waals surface area contributed by atoms with E-state index >= 15 is 0 Å². The van der Waals surface area contributed by atoms with E-state index in [0.717, 1.165) is 29.7 Å². The van der Waals surface area contributed by atoms with Crippen LogP contribution in [0.15, 0.2) is 11.1 Å². The molecule has 3 rings (SSSR count). The molecule has 8 heteroatoms. The second-order valence-electron chi connectivity index (χ2n) is 7.03. The lowest BCUT2D eigenvalue weighted by atomic mass is 9.86. The average Bonchev–Trinajstić information content (AvgIpc) is 2.87. The van der Waals surface area contributed by atoms with Gasteiger partial charge < -0.3 is 5.32 Å². The van der Waals surface area contributed by atoms with E-state index in [1.54, 1.807) is 0 Å². The minimum atomic E-state index is -0.529. The van der Waals surface area contributed by atoms with Crippen molar-refractivity contribution in [3.63, 3.8) is 0 Å². The van der Waals surface area contributed by atoms with Gasteiger partial charge in [-0.25, -0.2) is 9.78 Å². The van der Waals surface area contributed by atoms with Crippen LogP contribution in [0.25, 0.3) is 10.2 Å². The number of imide groups is 1. The number of fused-ring (bicyclic) bond motifs is 1. The first-order valence-corrected chi connectivity index (χ1v) is 9.74. The number of carbonyl (C=O) groups excluding carboxylic acids is 2. The first-order valence-electron chi connectivity index (χ1n) is 8.92. The Labute approximate surface area is 155 Å². The third-order valence-electron chi connectivity index (χ3n) is 5.15. The predicted molar refractivity (Wildman–Crippen MR) is 101 cm³/mol. The maximum atomic E-state index is 12.6. The number of nitrogens with zero attached hydrogens (tertiary/aromatic N) is 2. The fraction of sp³-hybridized carbons (Fsp3) is 0.556. The highest BCUT2D eigenvalue weighted by Crippen LogP contribution is 2.25. The van der Waals surface area contributed by atoms with Gasteiger partial charge in [0.25, 0.3) is 5.56 Å². The van der Waals surface area contributed by atoms with Crippen molar-refractivity contribution in [2.75, 3.05) is 0 Å². The summed E-state index contributed by atoms with van der Waals surface area (Å²) >= 11 is 1.46. The molecule has 1 saturated carbocycles. The summed E-state index contributed by atoms with van der Waals surface area (Å²) in [5.74, 6) is -0.123. The van der Waals surface area contributed by atoms with E-state index in [1.807, 2.05) is 13.8 Å². The first-order chi connectivity index (χ1) is 12.4. The average molecular weight is 376 g/mol. The molecule has 7 nitrogen and oxygen atoms in total. The van der Waals surface area contributed by atoms with Gasteiger partial charge in [-0.1, -0.05) is 19.8 Å². The molecule has 140 valence electrons. The van der Waals surface area contributed by atoms with Crippen LogP contribution in [-0.4, -0.2) is 27.5 Å². The number of aromatic nitrogens is 2. The van der Waals surface area contributed by atoms with Crippen LogP contribution in [0.5, 0.6) is 0 Å². The van der Waals surface area contributed by atoms with Crippen LogP contribution in [0.2, 0.25) is 0 Å². The number of amides is 3. The van der Waals surface area contributed by atoms with Crippen molar-refractivity contribution in [2.24, 2.45) is 5.92 Å². The van der Waals surface area contributed by atoms with Gasteiger partial charge in [-0.15, -0.1) is 11.3 Å². The van der Waals surface area contributed by atoms with Gasteiger partial charge in [0.15, 0.2) is 0 Å². The Kier molecular flexibility index (Phi) is 5.41. The summed E-state index contributed by atoms with van der Waals surface area (Å²) in [6.07, 6.45) is 5.64. The number of nitrogens with one attached hydrogen (secondary N) is 2. The summed E-state index contributed by atoms with van der Waals surface area (Å²) in [5.41, 5.74) is 0.634. The third-order valence-corrected chi connectivity index (χ3v) is 6.27. The van der Waals surface area contributed by atoms with E-state index in [2.05, 4.69) is 22.5 Å². The molecule has 0 bridgehead atoms. The maximum absolute atomic E-state index is 12.6. The molecule has 1 fully saturated rings. The summed E-state index contributed by atoms with van der Waals surface area (Å²) in [6, 6.07) is -0.410. The summed E-state index contributed by atoms with van der Waals surface area (Å²) in [7, 11) is 0. The minimum absolute atomic E-state index is 0.0914. The number of rotatable bonds is 3. The summed E-state index contributed by atoms with van der Waals surface area (Å²) in [6.45, 7) is 5.69. The van der Waals surface area contributed by atoms with Gasteiger partial charge in [0, 0.05) is 10.9 Å². The van der Waals surface area contributed by atoms with E-state index in [4.69, 9.17) is 0 Å². The second kappa shape index (κ2) is 7.57. The van der Waals surface area contributed by atoms with E-state index in [9.17, 15) is 14.4 Å². The number of hydrogen-bond donors (Lipinski definition) is 2. The Morgan fingerprint density at radius 1 is 1.31 bits per heavy atom. The van der Waals surface area contributed by atoms with Crippen molar-refractivity contribution >= 4 is 33.5 Å². The molecule has 3 amide bonds. The number of thiophene rings is 1. The number of aryl methyl sites for hydroxylation is 2. The van der Waals surface area contributed by atoms with E-state index in [-0.39, 0.29) is 18.1 Å². The topological polar surface area (TPSA) is 93.1 Å². The Hall–Kier alpha value is -2.22. The molecule has 0 spiro atoms. The van der Waals surface area contributed by atoms with Gasteiger partial charge in [0.2, 0.25) is 5.91 Å². The Morgan fingerprint density at radius 3 is 2.77 bits per heavy atom. The number of hydrogen-bond acceptors (Lipinski definition) is 5. The summed E-state index contributed by atoms with van der Waals surface area (Å²) in [5, 5.41) is 5.73. The normalized spacial score (nSPS) is 20.1. The van der Waals surface area contributed by atoms with Crippen LogP contribution < -0.4 is 16.2 Å². The lowest BCUT2D eigenvalue weighted by Crippen LogP contribution is -2.48. The Balaban J connectivity index is 1.65. The molecule has 2 aromatic heterocycles. The van der Waals surface area contributed by atoms with Crippen LogP contribution in [0.3, 0.4) is 0 Å². The highest BCUT2D eigenvalue weighted by Gasteiger charge is 2.23. The van der Waals surface area contributed by atoms with Crippen molar-refractivity contribution in [2.45, 2.75) is 59.0 Å². The summed E-state index contributed by atoms with van der Waals surface area (Å²) in [4.78, 5) is 42.8. The molecule has 0 aliphatic heterocycles. The van der Waals surface area contributed by atoms with Crippen molar-refractivity contribution in [1.82, 2.24) is 20.2 Å². The lowest BCUT2D eigenvalue weighted by Gasteiger charge is -2.29. The smallest absolute Gasteiger partial charge is 0.321 e. The number of urea groups is 1. The van der Waals surface area contributed by atoms with Crippen molar-refractivity contribution < 1.29 is 9.59 Å². The zero-order chi connectivity index (χ0) is 18.8. The van der Waals surface area contributed by atoms with Crippen molar-refractivity contribution in [3.8, 4) is 0 Å². The highest BCUT2D eigenvalue weighted by molar-refractivity contribution is 7.18. The molecule has 0 aromatic carbocycles. The van der Waals surface area contributed by atoms with Gasteiger partial charge >= 0.3 is 6.03 Å². The largest absolute Gasteiger partial charge is 0.335 e. The molecule has 2 heterocycles. The van der Waals surface area contributed by atoms with Crippen LogP contribution in [0, 0.1) is 19.8 Å². The molecule has 1 aliphatic rings. The fourth-order valence-corrected chi connectivity index (χ4v) is 4.43. The second-order valence-corrected chi connectivity index (χ2v) is 8.23. The quantitative estimate of drug-likeness (QED) is 0.861. The molecule has 26 heavy (non-hydrogen) atoms. The van der Waals surface area contributed by atoms with Crippen molar-refractivity contribution in [1.29, 1.82) is 0 Å². The lowest BCUT2D eigenvalue weighted by molar-refractivity contribution is -0.120. The van der Waals surface area contributed by atoms with Gasteiger partial charge in [-0.3, -0.25) is 19.5 Å². The van der Waals surface area contributed by atoms with E-state index in [1.165, 1.54) is 28.7 Å². The Bertz CT molecular complexity index is 902. The van der Waals surface area contributed by atoms with Crippen LogP contribution >= 0.6 is 11.3 Å². The third kappa shape index (κ3) is 3.80. The fourth-order valence-electron chi connectivity index (χ4n) is 3.44. The number of carbonyl (C=O) groups is 2. The van der Waals surface area contributed by atoms with Crippen LogP contribution in [0.4, 0.5) is 4.79 Å². The zero-order valence-electron chi connectivity index (χ0n) is 15.3. The van der Waals surface area contributed by atoms with E-state index in [0.29, 0.717) is 16.1 Å². The molecular weight excluding hydrogens is 352 g/mol. The predicted octanol–water partition coefficient (Wildman–Crippen LogP) is 2.48. The molecule has 2 N–H and O–H groups in total. The SMILES string of the molecule is Cc1sc2ncn(CC(=O)NC(=O)N[C@@H]3CCCC[C@H]3C)c(=O)c2c1C. The molecule has 2 atom stereocenters. The molecular formula is C18H24N4O3S. The molecule has 1 aliphatic carbocycles. The van der Waals surface area contributed by atoms with Gasteiger partial charge in [-0.05, 0) is 38.2 Å². The molecule has 0 radical (unpaired) electrons. The minimum Gasteiger partial charge on any atom is -0.335 e. The highest BCUT2D eigenvalue weighted by atomic mass is 32.1. The van der Waals surface area contributed by atoms with Crippen LogP contribution in [0.1, 0.15) is 43.0 Å². The van der Waals surface area contributed by atoms with Crippen LogP contribution in [-0.2, 0) is 11.3 Å². The standard InChI is InChI=1S/C18H24N4O3S/c1-10-6-4-5-7-13(10)20-18(25)21-14(23)8-22-9-19-16-15(17(22)24)11(2)12(3)26-16/h9-10,13H,4-8H2,1-3H3,(H2,20,21,23,25)/t10-,13-/m1/s1.